The van der Waals surface area contributed by atoms with E-state index in [9.17, 15) is 9.00 Å². The molecule has 1 fully saturated rings. The number of rotatable bonds is 2. The summed E-state index contributed by atoms with van der Waals surface area (Å²) in [6, 6.07) is 0.0520. The SMILES string of the molecule is CC(C)(N)C(=O)NC1CCS(=O)C1.Cl. The van der Waals surface area contributed by atoms with Crippen molar-refractivity contribution >= 4 is 29.1 Å². The summed E-state index contributed by atoms with van der Waals surface area (Å²) in [5, 5.41) is 2.79. The second-order valence-electron chi connectivity index (χ2n) is 3.99. The monoisotopic (exact) mass is 240 g/mol. The lowest BCUT2D eigenvalue weighted by Gasteiger charge is -2.20. The summed E-state index contributed by atoms with van der Waals surface area (Å²) in [6.45, 7) is 3.32. The van der Waals surface area contributed by atoms with Crippen molar-refractivity contribution in [3.63, 3.8) is 0 Å². The highest BCUT2D eigenvalue weighted by atomic mass is 35.5. The predicted molar refractivity (Wildman–Crippen MR) is 59.9 cm³/mol. The number of carbonyl (C=O) groups excluding carboxylic acids is 1. The van der Waals surface area contributed by atoms with Crippen LogP contribution in [0.1, 0.15) is 20.3 Å². The van der Waals surface area contributed by atoms with Crippen molar-refractivity contribution < 1.29 is 9.00 Å². The van der Waals surface area contributed by atoms with Gasteiger partial charge in [-0.1, -0.05) is 0 Å². The zero-order chi connectivity index (χ0) is 10.1. The first-order chi connectivity index (χ1) is 5.89. The van der Waals surface area contributed by atoms with Gasteiger partial charge in [0.1, 0.15) is 0 Å². The molecule has 2 atom stereocenters. The highest BCUT2D eigenvalue weighted by Gasteiger charge is 2.28. The summed E-state index contributed by atoms with van der Waals surface area (Å²) in [4.78, 5) is 11.4. The molecule has 1 aliphatic rings. The van der Waals surface area contributed by atoms with Gasteiger partial charge in [-0.2, -0.15) is 0 Å². The normalized spacial score (nSPS) is 26.8. The molecule has 1 aliphatic heterocycles. The Labute approximate surface area is 92.9 Å². The van der Waals surface area contributed by atoms with Gasteiger partial charge in [0.25, 0.3) is 0 Å². The van der Waals surface area contributed by atoms with Crippen LogP contribution in [0.2, 0.25) is 0 Å². The van der Waals surface area contributed by atoms with Crippen LogP contribution in [0.25, 0.3) is 0 Å². The summed E-state index contributed by atoms with van der Waals surface area (Å²) in [5.41, 5.74) is 4.76. The third-order valence-corrected chi connectivity index (χ3v) is 3.47. The van der Waals surface area contributed by atoms with Gasteiger partial charge in [0.2, 0.25) is 5.91 Å². The Balaban J connectivity index is 0.00000169. The van der Waals surface area contributed by atoms with Crippen molar-refractivity contribution in [3.05, 3.63) is 0 Å². The van der Waals surface area contributed by atoms with Gasteiger partial charge in [-0.25, -0.2) is 0 Å². The predicted octanol–water partition coefficient (Wildman–Crippen LogP) is -0.217. The first-order valence-electron chi connectivity index (χ1n) is 4.34. The first-order valence-corrected chi connectivity index (χ1v) is 5.83. The van der Waals surface area contributed by atoms with Crippen LogP contribution in [0, 0.1) is 0 Å². The minimum Gasteiger partial charge on any atom is -0.351 e. The van der Waals surface area contributed by atoms with Gasteiger partial charge in [-0.15, -0.1) is 12.4 Å². The summed E-state index contributed by atoms with van der Waals surface area (Å²) in [5.74, 6) is 1.09. The Morgan fingerprint density at radius 1 is 1.57 bits per heavy atom. The van der Waals surface area contributed by atoms with Crippen LogP contribution >= 0.6 is 12.4 Å². The molecule has 4 nitrogen and oxygen atoms in total. The molecule has 3 N–H and O–H groups in total. The first kappa shape index (κ1) is 13.9. The Morgan fingerprint density at radius 3 is 2.50 bits per heavy atom. The molecule has 0 spiro atoms. The number of nitrogens with two attached hydrogens (primary N) is 1. The molecule has 0 aliphatic carbocycles. The molecule has 0 aromatic carbocycles. The quantitative estimate of drug-likeness (QED) is 0.701. The van der Waals surface area contributed by atoms with Gasteiger partial charge in [0.15, 0.2) is 0 Å². The minimum atomic E-state index is -0.843. The zero-order valence-electron chi connectivity index (χ0n) is 8.41. The fourth-order valence-electron chi connectivity index (χ4n) is 1.15. The smallest absolute Gasteiger partial charge is 0.239 e. The average Bonchev–Trinajstić information content (AvgIpc) is 2.33. The largest absolute Gasteiger partial charge is 0.351 e. The van der Waals surface area contributed by atoms with E-state index in [0.29, 0.717) is 11.5 Å². The summed E-state index contributed by atoms with van der Waals surface area (Å²) in [7, 11) is -0.752. The number of hydrogen-bond donors (Lipinski definition) is 2. The van der Waals surface area contributed by atoms with Gasteiger partial charge in [0, 0.05) is 28.3 Å². The third kappa shape index (κ3) is 3.94. The Hall–Kier alpha value is -0.130. The van der Waals surface area contributed by atoms with E-state index >= 15 is 0 Å². The average molecular weight is 241 g/mol. The lowest BCUT2D eigenvalue weighted by Crippen LogP contribution is -2.52. The molecular weight excluding hydrogens is 224 g/mol. The van der Waals surface area contributed by atoms with Crippen LogP contribution < -0.4 is 11.1 Å². The molecule has 14 heavy (non-hydrogen) atoms. The molecule has 0 saturated carbocycles. The van der Waals surface area contributed by atoms with Crippen molar-refractivity contribution in [2.24, 2.45) is 5.73 Å². The Kier molecular flexibility index (Phi) is 5.05. The van der Waals surface area contributed by atoms with Crippen molar-refractivity contribution in [1.29, 1.82) is 0 Å². The summed E-state index contributed by atoms with van der Waals surface area (Å²) >= 11 is 0. The molecule has 6 heteroatoms. The van der Waals surface area contributed by atoms with E-state index in [1.807, 2.05) is 0 Å². The summed E-state index contributed by atoms with van der Waals surface area (Å²) < 4.78 is 11.0. The lowest BCUT2D eigenvalue weighted by atomic mass is 10.1. The standard InChI is InChI=1S/C8H16N2O2S.ClH/c1-8(2,9)7(11)10-6-3-4-13(12)5-6;/h6H,3-5,9H2,1-2H3,(H,10,11);1H. The Bertz CT molecular complexity index is 240. The van der Waals surface area contributed by atoms with Crippen molar-refractivity contribution in [3.8, 4) is 0 Å². The maximum absolute atomic E-state index is 11.4. The zero-order valence-corrected chi connectivity index (χ0v) is 10.0. The van der Waals surface area contributed by atoms with Gasteiger partial charge >= 0.3 is 0 Å². The second-order valence-corrected chi connectivity index (χ2v) is 5.61. The second kappa shape index (κ2) is 5.09. The van der Waals surface area contributed by atoms with E-state index in [1.165, 1.54) is 0 Å². The molecule has 1 rings (SSSR count). The van der Waals surface area contributed by atoms with E-state index in [1.54, 1.807) is 13.8 Å². The van der Waals surface area contributed by atoms with Crippen LogP contribution in [0.3, 0.4) is 0 Å². The molecule has 0 bridgehead atoms. The van der Waals surface area contributed by atoms with E-state index < -0.39 is 16.3 Å². The van der Waals surface area contributed by atoms with E-state index in [0.717, 1.165) is 6.42 Å². The molecule has 84 valence electrons. The van der Waals surface area contributed by atoms with E-state index in [2.05, 4.69) is 5.32 Å². The number of hydrogen-bond acceptors (Lipinski definition) is 3. The van der Waals surface area contributed by atoms with Crippen LogP contribution in [0.15, 0.2) is 0 Å². The van der Waals surface area contributed by atoms with Gasteiger partial charge in [0.05, 0.1) is 5.54 Å². The summed E-state index contributed by atoms with van der Waals surface area (Å²) in [6.07, 6.45) is 0.800. The Morgan fingerprint density at radius 2 is 2.14 bits per heavy atom. The van der Waals surface area contributed by atoms with Gasteiger partial charge in [-0.3, -0.25) is 9.00 Å². The van der Waals surface area contributed by atoms with Crippen LogP contribution in [0.5, 0.6) is 0 Å². The van der Waals surface area contributed by atoms with Crippen LogP contribution in [-0.4, -0.2) is 33.2 Å². The van der Waals surface area contributed by atoms with Crippen LogP contribution in [0.4, 0.5) is 0 Å². The van der Waals surface area contributed by atoms with E-state index in [-0.39, 0.29) is 24.4 Å². The molecule has 0 radical (unpaired) electrons. The fourth-order valence-corrected chi connectivity index (χ4v) is 2.56. The van der Waals surface area contributed by atoms with E-state index in [4.69, 9.17) is 5.73 Å². The molecule has 2 unspecified atom stereocenters. The molecule has 0 aromatic rings. The van der Waals surface area contributed by atoms with Crippen molar-refractivity contribution in [2.75, 3.05) is 11.5 Å². The maximum Gasteiger partial charge on any atom is 0.239 e. The lowest BCUT2D eigenvalue weighted by molar-refractivity contribution is -0.125. The topological polar surface area (TPSA) is 72.2 Å². The van der Waals surface area contributed by atoms with Crippen molar-refractivity contribution in [2.45, 2.75) is 31.8 Å². The number of nitrogens with one attached hydrogen (secondary N) is 1. The van der Waals surface area contributed by atoms with Crippen molar-refractivity contribution in [1.82, 2.24) is 5.32 Å². The number of halogens is 1. The molecule has 1 heterocycles. The third-order valence-electron chi connectivity index (χ3n) is 2.00. The molecular formula is C8H17ClN2O2S. The van der Waals surface area contributed by atoms with Gasteiger partial charge in [-0.05, 0) is 20.3 Å². The van der Waals surface area contributed by atoms with Crippen LogP contribution in [-0.2, 0) is 15.6 Å². The molecule has 1 saturated heterocycles. The molecule has 0 aromatic heterocycles. The fraction of sp³-hybridized carbons (Fsp3) is 0.875. The highest BCUT2D eigenvalue weighted by molar-refractivity contribution is 7.85. The molecule has 1 amide bonds. The highest BCUT2D eigenvalue weighted by Crippen LogP contribution is 2.08. The number of amides is 1. The maximum atomic E-state index is 11.4. The minimum absolute atomic E-state index is 0. The number of carbonyl (C=O) groups is 1. The van der Waals surface area contributed by atoms with Gasteiger partial charge < -0.3 is 11.1 Å².